The van der Waals surface area contributed by atoms with E-state index in [1.807, 2.05) is 48.5 Å². The molecule has 0 N–H and O–H groups in total. The van der Waals surface area contributed by atoms with E-state index in [2.05, 4.69) is 0 Å². The molecule has 71 valence electrons. The molecular formula is C12H8BO2. The Morgan fingerprint density at radius 2 is 1.13 bits per heavy atom. The lowest BCUT2D eigenvalue weighted by Crippen LogP contribution is -2.08. The van der Waals surface area contributed by atoms with Crippen LogP contribution in [0.25, 0.3) is 11.1 Å². The van der Waals surface area contributed by atoms with Crippen LogP contribution in [0.5, 0.6) is 11.5 Å². The summed E-state index contributed by atoms with van der Waals surface area (Å²) < 4.78 is 10.8. The van der Waals surface area contributed by atoms with Gasteiger partial charge < -0.3 is 9.31 Å². The largest absolute Gasteiger partial charge is 0.658 e. The van der Waals surface area contributed by atoms with Crippen molar-refractivity contribution in [3.8, 4) is 22.6 Å². The molecule has 0 bridgehead atoms. The molecule has 1 heterocycles. The molecule has 1 aliphatic rings. The molecule has 0 saturated carbocycles. The second-order valence-electron chi connectivity index (χ2n) is 3.32. The van der Waals surface area contributed by atoms with Gasteiger partial charge in [0, 0.05) is 11.1 Å². The minimum atomic E-state index is 0.822. The van der Waals surface area contributed by atoms with Gasteiger partial charge in [0.15, 0.2) is 0 Å². The van der Waals surface area contributed by atoms with E-state index >= 15 is 0 Å². The van der Waals surface area contributed by atoms with E-state index < -0.39 is 0 Å². The van der Waals surface area contributed by atoms with Crippen LogP contribution in [0, 0.1) is 0 Å². The smallest absolute Gasteiger partial charge is 0.526 e. The summed E-state index contributed by atoms with van der Waals surface area (Å²) in [7, 11) is 1.37. The van der Waals surface area contributed by atoms with E-state index in [9.17, 15) is 0 Å². The van der Waals surface area contributed by atoms with Crippen LogP contribution in [0.3, 0.4) is 0 Å². The van der Waals surface area contributed by atoms with E-state index in [0.717, 1.165) is 22.6 Å². The lowest BCUT2D eigenvalue weighted by Gasteiger charge is -2.06. The van der Waals surface area contributed by atoms with Crippen LogP contribution in [0.2, 0.25) is 0 Å². The van der Waals surface area contributed by atoms with Gasteiger partial charge in [-0.05, 0) is 12.1 Å². The summed E-state index contributed by atoms with van der Waals surface area (Å²) in [5, 5.41) is 0. The lowest BCUT2D eigenvalue weighted by atomic mass is 10.0. The average Bonchev–Trinajstić information content (AvgIpc) is 2.48. The van der Waals surface area contributed by atoms with Gasteiger partial charge in [0.05, 0.1) is 0 Å². The Hall–Kier alpha value is -1.90. The van der Waals surface area contributed by atoms with E-state index in [1.54, 1.807) is 0 Å². The summed E-state index contributed by atoms with van der Waals surface area (Å²) in [6.07, 6.45) is 0. The molecule has 0 fully saturated rings. The number of rotatable bonds is 0. The Labute approximate surface area is 88.8 Å². The first-order valence-corrected chi connectivity index (χ1v) is 4.78. The second-order valence-corrected chi connectivity index (χ2v) is 3.32. The van der Waals surface area contributed by atoms with Crippen molar-refractivity contribution < 1.29 is 9.31 Å². The molecule has 2 aromatic rings. The minimum Gasteiger partial charge on any atom is -0.526 e. The normalized spacial score (nSPS) is 12.3. The maximum Gasteiger partial charge on any atom is 0.658 e. The van der Waals surface area contributed by atoms with Gasteiger partial charge in [-0.15, -0.1) is 0 Å². The molecule has 2 aromatic carbocycles. The number of hydrogen-bond donors (Lipinski definition) is 0. The predicted octanol–water partition coefficient (Wildman–Crippen LogP) is 2.66. The summed E-state index contributed by atoms with van der Waals surface area (Å²) in [5.41, 5.74) is 2.11. The molecule has 0 spiro atoms. The zero-order valence-corrected chi connectivity index (χ0v) is 8.01. The highest BCUT2D eigenvalue weighted by atomic mass is 16.6. The van der Waals surface area contributed by atoms with Crippen molar-refractivity contribution in [2.24, 2.45) is 0 Å². The van der Waals surface area contributed by atoms with Gasteiger partial charge in [-0.25, -0.2) is 0 Å². The van der Waals surface area contributed by atoms with E-state index in [4.69, 9.17) is 9.31 Å². The van der Waals surface area contributed by atoms with Gasteiger partial charge in [-0.1, -0.05) is 36.4 Å². The van der Waals surface area contributed by atoms with Crippen molar-refractivity contribution in [3.05, 3.63) is 48.5 Å². The van der Waals surface area contributed by atoms with Crippen molar-refractivity contribution in [1.82, 2.24) is 0 Å². The molecule has 0 atom stereocenters. The number of fused-ring (bicyclic) bond motifs is 3. The van der Waals surface area contributed by atoms with Crippen molar-refractivity contribution in [3.63, 3.8) is 0 Å². The first kappa shape index (κ1) is 8.42. The van der Waals surface area contributed by atoms with E-state index in [1.165, 1.54) is 7.69 Å². The van der Waals surface area contributed by atoms with E-state index in [0.29, 0.717) is 0 Å². The highest BCUT2D eigenvalue weighted by Crippen LogP contribution is 2.37. The second kappa shape index (κ2) is 3.35. The summed E-state index contributed by atoms with van der Waals surface area (Å²) in [5.74, 6) is 1.64. The SMILES string of the molecule is [B]1Oc2ccccc2-c2ccccc2O1. The lowest BCUT2D eigenvalue weighted by molar-refractivity contribution is 0.468. The monoisotopic (exact) mass is 195 g/mol. The molecule has 15 heavy (non-hydrogen) atoms. The fraction of sp³-hybridized carbons (Fsp3) is 0. The van der Waals surface area contributed by atoms with Gasteiger partial charge in [0.25, 0.3) is 0 Å². The maximum atomic E-state index is 5.38. The number of hydrogen-bond acceptors (Lipinski definition) is 2. The number of benzene rings is 2. The third-order valence-corrected chi connectivity index (χ3v) is 2.41. The van der Waals surface area contributed by atoms with Crippen LogP contribution < -0.4 is 9.31 Å². The Kier molecular flexibility index (Phi) is 1.88. The fourth-order valence-corrected chi connectivity index (χ4v) is 1.71. The highest BCUT2D eigenvalue weighted by Gasteiger charge is 2.16. The van der Waals surface area contributed by atoms with Gasteiger partial charge >= 0.3 is 7.69 Å². The van der Waals surface area contributed by atoms with Crippen LogP contribution in [0.15, 0.2) is 48.5 Å². The fourth-order valence-electron chi connectivity index (χ4n) is 1.71. The predicted molar refractivity (Wildman–Crippen MR) is 58.9 cm³/mol. The average molecular weight is 195 g/mol. The molecule has 3 rings (SSSR count). The first-order valence-electron chi connectivity index (χ1n) is 4.78. The first-order chi connectivity index (χ1) is 7.45. The molecule has 3 heteroatoms. The van der Waals surface area contributed by atoms with Gasteiger partial charge in [-0.2, -0.15) is 0 Å². The Morgan fingerprint density at radius 3 is 1.67 bits per heavy atom. The molecule has 0 aromatic heterocycles. The molecule has 1 radical (unpaired) electrons. The van der Waals surface area contributed by atoms with Gasteiger partial charge in [0.2, 0.25) is 0 Å². The van der Waals surface area contributed by atoms with Crippen LogP contribution in [0.4, 0.5) is 0 Å². The third kappa shape index (κ3) is 1.36. The molecule has 0 saturated heterocycles. The van der Waals surface area contributed by atoms with Crippen LogP contribution in [0.1, 0.15) is 0 Å². The summed E-state index contributed by atoms with van der Waals surface area (Å²) >= 11 is 0. The zero-order chi connectivity index (χ0) is 10.1. The van der Waals surface area contributed by atoms with Crippen molar-refractivity contribution in [1.29, 1.82) is 0 Å². The van der Waals surface area contributed by atoms with Crippen molar-refractivity contribution in [2.75, 3.05) is 0 Å². The molecule has 0 amide bonds. The molecule has 0 aliphatic carbocycles. The Morgan fingerprint density at radius 1 is 0.667 bits per heavy atom. The van der Waals surface area contributed by atoms with E-state index in [-0.39, 0.29) is 0 Å². The topological polar surface area (TPSA) is 18.5 Å². The van der Waals surface area contributed by atoms with Crippen molar-refractivity contribution in [2.45, 2.75) is 0 Å². The molecule has 2 nitrogen and oxygen atoms in total. The van der Waals surface area contributed by atoms with Crippen LogP contribution in [-0.4, -0.2) is 7.69 Å². The molecular weight excluding hydrogens is 187 g/mol. The van der Waals surface area contributed by atoms with Gasteiger partial charge in [-0.3, -0.25) is 0 Å². The van der Waals surface area contributed by atoms with Gasteiger partial charge in [0.1, 0.15) is 11.5 Å². The molecule has 0 unspecified atom stereocenters. The quantitative estimate of drug-likeness (QED) is 0.601. The Bertz CT molecular complexity index is 451. The minimum absolute atomic E-state index is 0.822. The third-order valence-electron chi connectivity index (χ3n) is 2.41. The summed E-state index contributed by atoms with van der Waals surface area (Å²) in [4.78, 5) is 0. The summed E-state index contributed by atoms with van der Waals surface area (Å²) in [6, 6.07) is 15.8. The molecule has 1 aliphatic heterocycles. The van der Waals surface area contributed by atoms with Crippen LogP contribution in [-0.2, 0) is 0 Å². The van der Waals surface area contributed by atoms with Crippen LogP contribution >= 0.6 is 0 Å². The highest BCUT2D eigenvalue weighted by molar-refractivity contribution is 6.22. The number of para-hydroxylation sites is 2. The maximum absolute atomic E-state index is 5.38. The Balaban J connectivity index is 2.27. The standard InChI is InChI=1S/C12H8BO2/c1-3-7-11-9(5-1)10-6-2-4-8-12(10)15-13-14-11/h1-8H. The zero-order valence-electron chi connectivity index (χ0n) is 8.01. The summed E-state index contributed by atoms with van der Waals surface area (Å²) in [6.45, 7) is 0. The van der Waals surface area contributed by atoms with Crippen molar-refractivity contribution >= 4 is 7.69 Å².